The van der Waals surface area contributed by atoms with Crippen LogP contribution in [0.4, 0.5) is 5.69 Å². The summed E-state index contributed by atoms with van der Waals surface area (Å²) < 4.78 is 1.62. The van der Waals surface area contributed by atoms with E-state index in [4.69, 9.17) is 0 Å². The van der Waals surface area contributed by atoms with Gasteiger partial charge in [-0.25, -0.2) is 0 Å². The van der Waals surface area contributed by atoms with Crippen molar-refractivity contribution in [1.82, 2.24) is 14.7 Å². The lowest BCUT2D eigenvalue weighted by molar-refractivity contribution is -0.120. The lowest BCUT2D eigenvalue weighted by Crippen LogP contribution is -2.26. The SMILES string of the molecule is CCCCC(CC)C(=O)Nc1c(C(=O)N(C)C)nn(C)c1C. The van der Waals surface area contributed by atoms with Crippen molar-refractivity contribution < 1.29 is 9.59 Å². The van der Waals surface area contributed by atoms with Crippen molar-refractivity contribution in [3.05, 3.63) is 11.4 Å². The molecule has 0 bridgehead atoms. The molecule has 1 aromatic rings. The Morgan fingerprint density at radius 2 is 1.95 bits per heavy atom. The number of hydrogen-bond acceptors (Lipinski definition) is 3. The van der Waals surface area contributed by atoms with Crippen LogP contribution in [0.3, 0.4) is 0 Å². The van der Waals surface area contributed by atoms with E-state index in [9.17, 15) is 9.59 Å². The Morgan fingerprint density at radius 1 is 1.32 bits per heavy atom. The number of hydrogen-bond donors (Lipinski definition) is 1. The number of aryl methyl sites for hydroxylation is 1. The van der Waals surface area contributed by atoms with Gasteiger partial charge < -0.3 is 10.2 Å². The summed E-state index contributed by atoms with van der Waals surface area (Å²) in [6.07, 6.45) is 3.76. The molecule has 22 heavy (non-hydrogen) atoms. The maximum absolute atomic E-state index is 12.5. The van der Waals surface area contributed by atoms with E-state index in [1.165, 1.54) is 4.90 Å². The van der Waals surface area contributed by atoms with Crippen LogP contribution in [0.1, 0.15) is 55.7 Å². The molecule has 1 heterocycles. The van der Waals surface area contributed by atoms with Gasteiger partial charge in [-0.05, 0) is 19.8 Å². The van der Waals surface area contributed by atoms with Gasteiger partial charge in [0.1, 0.15) is 0 Å². The van der Waals surface area contributed by atoms with Gasteiger partial charge in [0, 0.05) is 27.1 Å². The molecule has 0 aliphatic heterocycles. The summed E-state index contributed by atoms with van der Waals surface area (Å²) >= 11 is 0. The minimum atomic E-state index is -0.208. The third-order valence-electron chi connectivity index (χ3n) is 3.96. The fraction of sp³-hybridized carbons (Fsp3) is 0.688. The molecule has 0 radical (unpaired) electrons. The van der Waals surface area contributed by atoms with Crippen LogP contribution in [0.25, 0.3) is 0 Å². The number of carbonyl (C=O) groups is 2. The molecule has 1 N–H and O–H groups in total. The summed E-state index contributed by atoms with van der Waals surface area (Å²) in [5, 5.41) is 7.17. The van der Waals surface area contributed by atoms with Gasteiger partial charge in [0.2, 0.25) is 5.91 Å². The number of aromatic nitrogens is 2. The highest BCUT2D eigenvalue weighted by Gasteiger charge is 2.24. The molecule has 0 aliphatic rings. The molecular formula is C16H28N4O2. The van der Waals surface area contributed by atoms with E-state index in [2.05, 4.69) is 17.3 Å². The predicted octanol–water partition coefficient (Wildman–Crippen LogP) is 2.59. The van der Waals surface area contributed by atoms with Crippen molar-refractivity contribution in [2.75, 3.05) is 19.4 Å². The summed E-state index contributed by atoms with van der Waals surface area (Å²) in [4.78, 5) is 26.2. The molecule has 0 saturated heterocycles. The zero-order valence-corrected chi connectivity index (χ0v) is 14.6. The first-order chi connectivity index (χ1) is 10.3. The maximum atomic E-state index is 12.5. The number of rotatable bonds is 7. The fourth-order valence-corrected chi connectivity index (χ4v) is 2.32. The van der Waals surface area contributed by atoms with Crippen molar-refractivity contribution in [2.24, 2.45) is 13.0 Å². The van der Waals surface area contributed by atoms with Gasteiger partial charge in [0.25, 0.3) is 5.91 Å². The summed E-state index contributed by atoms with van der Waals surface area (Å²) in [5.74, 6) is -0.262. The second kappa shape index (κ2) is 7.96. The molecule has 1 unspecified atom stereocenters. The normalized spacial score (nSPS) is 12.1. The molecule has 124 valence electrons. The van der Waals surface area contributed by atoms with Crippen LogP contribution in [0.15, 0.2) is 0 Å². The Labute approximate surface area is 132 Å². The monoisotopic (exact) mass is 308 g/mol. The summed E-state index contributed by atoms with van der Waals surface area (Å²) in [6.45, 7) is 5.98. The Bertz CT molecular complexity index is 534. The van der Waals surface area contributed by atoms with Gasteiger partial charge in [0.15, 0.2) is 5.69 Å². The first kappa shape index (κ1) is 18.2. The Balaban J connectivity index is 3.01. The zero-order valence-electron chi connectivity index (χ0n) is 14.6. The van der Waals surface area contributed by atoms with E-state index < -0.39 is 0 Å². The van der Waals surface area contributed by atoms with Gasteiger partial charge in [-0.2, -0.15) is 5.10 Å². The van der Waals surface area contributed by atoms with Crippen molar-refractivity contribution in [1.29, 1.82) is 0 Å². The van der Waals surface area contributed by atoms with Crippen LogP contribution in [0, 0.1) is 12.8 Å². The van der Waals surface area contributed by atoms with Gasteiger partial charge in [0.05, 0.1) is 11.4 Å². The van der Waals surface area contributed by atoms with Crippen molar-refractivity contribution in [2.45, 2.75) is 46.5 Å². The van der Waals surface area contributed by atoms with Crippen LogP contribution in [0.2, 0.25) is 0 Å². The molecule has 0 aliphatic carbocycles. The highest BCUT2D eigenvalue weighted by atomic mass is 16.2. The molecule has 1 rings (SSSR count). The largest absolute Gasteiger partial charge is 0.343 e. The van der Waals surface area contributed by atoms with Crippen LogP contribution in [-0.4, -0.2) is 40.6 Å². The fourth-order valence-electron chi connectivity index (χ4n) is 2.32. The van der Waals surface area contributed by atoms with Crippen LogP contribution in [-0.2, 0) is 11.8 Å². The zero-order chi connectivity index (χ0) is 16.9. The van der Waals surface area contributed by atoms with Crippen LogP contribution < -0.4 is 5.32 Å². The summed E-state index contributed by atoms with van der Waals surface area (Å²) in [5.41, 5.74) is 1.61. The molecule has 0 fully saturated rings. The van der Waals surface area contributed by atoms with Gasteiger partial charge in [-0.3, -0.25) is 14.3 Å². The number of anilines is 1. The van der Waals surface area contributed by atoms with Gasteiger partial charge >= 0.3 is 0 Å². The Morgan fingerprint density at radius 3 is 2.45 bits per heavy atom. The van der Waals surface area contributed by atoms with Crippen LogP contribution >= 0.6 is 0 Å². The topological polar surface area (TPSA) is 67.2 Å². The number of nitrogens with one attached hydrogen (secondary N) is 1. The van der Waals surface area contributed by atoms with Crippen LogP contribution in [0.5, 0.6) is 0 Å². The molecule has 6 heteroatoms. The minimum Gasteiger partial charge on any atom is -0.343 e. The van der Waals surface area contributed by atoms with Crippen molar-refractivity contribution >= 4 is 17.5 Å². The maximum Gasteiger partial charge on any atom is 0.276 e. The number of unbranched alkanes of at least 4 members (excludes halogenated alkanes) is 1. The lowest BCUT2D eigenvalue weighted by atomic mass is 9.98. The average Bonchev–Trinajstić information content (AvgIpc) is 2.75. The van der Waals surface area contributed by atoms with E-state index in [-0.39, 0.29) is 17.7 Å². The van der Waals surface area contributed by atoms with E-state index in [0.29, 0.717) is 11.4 Å². The van der Waals surface area contributed by atoms with E-state index in [0.717, 1.165) is 31.4 Å². The van der Waals surface area contributed by atoms with E-state index in [1.54, 1.807) is 25.8 Å². The van der Waals surface area contributed by atoms with Gasteiger partial charge in [-0.15, -0.1) is 0 Å². The van der Waals surface area contributed by atoms with Gasteiger partial charge in [-0.1, -0.05) is 26.7 Å². The predicted molar refractivity (Wildman–Crippen MR) is 87.9 cm³/mol. The Hall–Kier alpha value is -1.85. The molecule has 1 aromatic heterocycles. The highest BCUT2D eigenvalue weighted by molar-refractivity contribution is 6.03. The number of carbonyl (C=O) groups excluding carboxylic acids is 2. The standard InChI is InChI=1S/C16H28N4O2/c1-7-9-10-12(8-2)15(21)17-13-11(3)20(6)18-14(13)16(22)19(4)5/h12H,7-10H2,1-6H3,(H,17,21). The minimum absolute atomic E-state index is 0.0261. The van der Waals surface area contributed by atoms with E-state index in [1.807, 2.05) is 13.8 Å². The molecular weight excluding hydrogens is 280 g/mol. The third kappa shape index (κ3) is 4.08. The molecule has 0 saturated carbocycles. The molecule has 0 aromatic carbocycles. The highest BCUT2D eigenvalue weighted by Crippen LogP contribution is 2.23. The van der Waals surface area contributed by atoms with E-state index >= 15 is 0 Å². The summed E-state index contributed by atoms with van der Waals surface area (Å²) in [7, 11) is 5.12. The van der Waals surface area contributed by atoms with Crippen molar-refractivity contribution in [3.8, 4) is 0 Å². The third-order valence-corrected chi connectivity index (χ3v) is 3.96. The molecule has 6 nitrogen and oxygen atoms in total. The average molecular weight is 308 g/mol. The molecule has 0 spiro atoms. The quantitative estimate of drug-likeness (QED) is 0.842. The molecule has 2 amide bonds. The molecule has 1 atom stereocenters. The second-order valence-corrected chi connectivity index (χ2v) is 5.87. The number of nitrogens with zero attached hydrogens (tertiary/aromatic N) is 3. The number of amides is 2. The first-order valence-corrected chi connectivity index (χ1v) is 7.89. The first-order valence-electron chi connectivity index (χ1n) is 7.89. The second-order valence-electron chi connectivity index (χ2n) is 5.87. The Kier molecular flexibility index (Phi) is 6.59. The lowest BCUT2D eigenvalue weighted by Gasteiger charge is -2.16. The summed E-state index contributed by atoms with van der Waals surface area (Å²) in [6, 6.07) is 0. The smallest absolute Gasteiger partial charge is 0.276 e. The van der Waals surface area contributed by atoms with Crippen molar-refractivity contribution in [3.63, 3.8) is 0 Å².